The van der Waals surface area contributed by atoms with Crippen molar-refractivity contribution in [3.05, 3.63) is 158 Å². The van der Waals surface area contributed by atoms with Crippen molar-refractivity contribution in [3.8, 4) is 0 Å². The second-order valence-electron chi connectivity index (χ2n) is 17.7. The van der Waals surface area contributed by atoms with E-state index in [2.05, 4.69) is 167 Å². The Balaban J connectivity index is 4.57. The molecule has 0 aromatic carbocycles. The molecule has 1 atom stereocenters. The van der Waals surface area contributed by atoms with Gasteiger partial charge in [0.1, 0.15) is 13.2 Å². The van der Waals surface area contributed by atoms with Crippen LogP contribution >= 0.6 is 0 Å². The lowest BCUT2D eigenvalue weighted by atomic mass is 10.1. The molecule has 1 unspecified atom stereocenters. The van der Waals surface area contributed by atoms with Crippen LogP contribution in [0.4, 0.5) is 0 Å². The average Bonchev–Trinajstić information content (AvgIpc) is 3.37. The van der Waals surface area contributed by atoms with Crippen LogP contribution < -0.4 is 0 Å². The Morgan fingerprint density at radius 2 is 0.592 bits per heavy atom. The summed E-state index contributed by atoms with van der Waals surface area (Å²) in [7, 11) is 0. The van der Waals surface area contributed by atoms with E-state index >= 15 is 0 Å². The van der Waals surface area contributed by atoms with Crippen molar-refractivity contribution >= 4 is 17.9 Å². The Hall–Kier alpha value is -4.97. The third-order valence-electron chi connectivity index (χ3n) is 11.0. The number of hydrogen-bond acceptors (Lipinski definition) is 6. The van der Waals surface area contributed by atoms with Crippen molar-refractivity contribution < 1.29 is 28.6 Å². The highest BCUT2D eigenvalue weighted by Crippen LogP contribution is 2.12. The van der Waals surface area contributed by atoms with Crippen molar-refractivity contribution in [2.75, 3.05) is 13.2 Å². The molecule has 0 N–H and O–H groups in total. The predicted molar refractivity (Wildman–Crippen MR) is 306 cm³/mol. The van der Waals surface area contributed by atoms with E-state index in [-0.39, 0.29) is 50.4 Å². The summed E-state index contributed by atoms with van der Waals surface area (Å²) < 4.78 is 16.7. The maximum atomic E-state index is 12.8. The van der Waals surface area contributed by atoms with Gasteiger partial charge in [-0.3, -0.25) is 14.4 Å². The van der Waals surface area contributed by atoms with E-state index in [1.54, 1.807) is 0 Å². The molecule has 0 bridgehead atoms. The van der Waals surface area contributed by atoms with Gasteiger partial charge in [0.05, 0.1) is 0 Å². The summed E-state index contributed by atoms with van der Waals surface area (Å²) in [6.45, 7) is 6.24. The van der Waals surface area contributed by atoms with Crippen molar-refractivity contribution in [2.24, 2.45) is 0 Å². The third kappa shape index (κ3) is 55.8. The van der Waals surface area contributed by atoms with E-state index in [9.17, 15) is 14.4 Å². The molecule has 396 valence electrons. The lowest BCUT2D eigenvalue weighted by molar-refractivity contribution is -0.166. The molecule has 0 aliphatic carbocycles. The highest BCUT2D eigenvalue weighted by molar-refractivity contribution is 5.71. The highest BCUT2D eigenvalue weighted by Gasteiger charge is 2.19. The molecule has 0 aliphatic rings. The molecule has 6 heteroatoms. The standard InChI is InChI=1S/C65H100O6/c1-4-7-10-13-16-19-22-25-27-29-30-31-32-33-34-36-37-40-43-46-49-52-55-58-64(67)70-61-62(60-69-63(66)57-54-51-48-45-42-39-24-21-18-15-12-9-6-3)71-65(68)59-56-53-50-47-44-41-38-35-28-26-23-20-17-14-11-8-5-2/h7,9-10,12,16-21,25-28,30-31,33-34,37,39-40,42,46,48-49,51,62H,4-6,8,11,13-15,22-24,29,32,35-36,38,41,43-45,47,50,52-61H2,1-3H3/b10-7-,12-9-,19-16-,20-17-,21-18-,27-25-,28-26-,31-30-,34-33-,40-37-,42-39-,49-46-,51-48-. The van der Waals surface area contributed by atoms with Gasteiger partial charge in [-0.15, -0.1) is 0 Å². The molecule has 6 nitrogen and oxygen atoms in total. The van der Waals surface area contributed by atoms with Gasteiger partial charge in [0.2, 0.25) is 0 Å². The first kappa shape index (κ1) is 66.0. The molecule has 0 spiro atoms. The first-order valence-corrected chi connectivity index (χ1v) is 28.0. The first-order chi connectivity index (χ1) is 35.0. The molecular weight excluding hydrogens is 877 g/mol. The molecule has 0 saturated heterocycles. The maximum absolute atomic E-state index is 12.8. The minimum absolute atomic E-state index is 0.141. The minimum atomic E-state index is -0.843. The molecular formula is C65H100O6. The van der Waals surface area contributed by atoms with Crippen LogP contribution in [0.5, 0.6) is 0 Å². The largest absolute Gasteiger partial charge is 0.462 e. The molecule has 71 heavy (non-hydrogen) atoms. The van der Waals surface area contributed by atoms with E-state index < -0.39 is 6.10 Å². The smallest absolute Gasteiger partial charge is 0.306 e. The first-order valence-electron chi connectivity index (χ1n) is 28.0. The number of hydrogen-bond donors (Lipinski definition) is 0. The van der Waals surface area contributed by atoms with E-state index in [4.69, 9.17) is 14.2 Å². The van der Waals surface area contributed by atoms with Gasteiger partial charge in [-0.25, -0.2) is 0 Å². The Morgan fingerprint density at radius 3 is 0.986 bits per heavy atom. The third-order valence-corrected chi connectivity index (χ3v) is 11.0. The zero-order chi connectivity index (χ0) is 51.4. The van der Waals surface area contributed by atoms with Crippen LogP contribution in [-0.2, 0) is 28.6 Å². The summed E-state index contributed by atoms with van der Waals surface area (Å²) in [5, 5.41) is 0. The normalized spacial score (nSPS) is 13.3. The molecule has 0 fully saturated rings. The summed E-state index contributed by atoms with van der Waals surface area (Å²) in [4.78, 5) is 38.1. The lowest BCUT2D eigenvalue weighted by Crippen LogP contribution is -2.30. The zero-order valence-corrected chi connectivity index (χ0v) is 45.2. The molecule has 0 radical (unpaired) electrons. The van der Waals surface area contributed by atoms with Gasteiger partial charge in [0.25, 0.3) is 0 Å². The van der Waals surface area contributed by atoms with Crippen molar-refractivity contribution in [2.45, 2.75) is 219 Å². The van der Waals surface area contributed by atoms with E-state index in [1.165, 1.54) is 44.9 Å². The van der Waals surface area contributed by atoms with Gasteiger partial charge in [-0.05, 0) is 128 Å². The number of allylic oxidation sites excluding steroid dienone is 26. The van der Waals surface area contributed by atoms with Crippen LogP contribution in [0, 0.1) is 0 Å². The Morgan fingerprint density at radius 1 is 0.296 bits per heavy atom. The number of carbonyl (C=O) groups excluding carboxylic acids is 3. The van der Waals surface area contributed by atoms with Crippen molar-refractivity contribution in [1.82, 2.24) is 0 Å². The number of esters is 3. The van der Waals surface area contributed by atoms with Crippen LogP contribution in [0.15, 0.2) is 158 Å². The van der Waals surface area contributed by atoms with Crippen LogP contribution in [0.1, 0.15) is 213 Å². The van der Waals surface area contributed by atoms with Crippen LogP contribution in [0.3, 0.4) is 0 Å². The van der Waals surface area contributed by atoms with Crippen LogP contribution in [0.25, 0.3) is 0 Å². The summed E-state index contributed by atoms with van der Waals surface area (Å²) in [6, 6.07) is 0. The summed E-state index contributed by atoms with van der Waals surface area (Å²) in [5.74, 6) is -1.10. The molecule has 0 rings (SSSR count). The topological polar surface area (TPSA) is 78.9 Å². The fourth-order valence-corrected chi connectivity index (χ4v) is 6.89. The number of carbonyl (C=O) groups is 3. The fourth-order valence-electron chi connectivity index (χ4n) is 6.89. The fraction of sp³-hybridized carbons (Fsp3) is 0.554. The maximum Gasteiger partial charge on any atom is 0.306 e. The van der Waals surface area contributed by atoms with Crippen molar-refractivity contribution in [3.63, 3.8) is 0 Å². The highest BCUT2D eigenvalue weighted by atomic mass is 16.6. The van der Waals surface area contributed by atoms with E-state index in [0.717, 1.165) is 116 Å². The van der Waals surface area contributed by atoms with E-state index in [1.807, 2.05) is 12.2 Å². The second kappa shape index (κ2) is 57.6. The van der Waals surface area contributed by atoms with Gasteiger partial charge in [-0.1, -0.05) is 224 Å². The molecule has 0 aromatic heterocycles. The number of ether oxygens (including phenoxy) is 3. The summed E-state index contributed by atoms with van der Waals surface area (Å²) >= 11 is 0. The quantitative estimate of drug-likeness (QED) is 0.0262. The van der Waals surface area contributed by atoms with Crippen LogP contribution in [0.2, 0.25) is 0 Å². The zero-order valence-electron chi connectivity index (χ0n) is 45.2. The van der Waals surface area contributed by atoms with Gasteiger partial charge in [0, 0.05) is 19.3 Å². The predicted octanol–water partition coefficient (Wildman–Crippen LogP) is 19.0. The lowest BCUT2D eigenvalue weighted by Gasteiger charge is -2.18. The van der Waals surface area contributed by atoms with Gasteiger partial charge in [0.15, 0.2) is 6.10 Å². The molecule has 0 amide bonds. The molecule has 0 saturated carbocycles. The Kier molecular flexibility index (Phi) is 53.6. The van der Waals surface area contributed by atoms with Crippen LogP contribution in [-0.4, -0.2) is 37.2 Å². The second-order valence-corrected chi connectivity index (χ2v) is 17.7. The van der Waals surface area contributed by atoms with Gasteiger partial charge >= 0.3 is 17.9 Å². The summed E-state index contributed by atoms with van der Waals surface area (Å²) in [5.41, 5.74) is 0. The monoisotopic (exact) mass is 977 g/mol. The molecule has 0 aliphatic heterocycles. The van der Waals surface area contributed by atoms with E-state index in [0.29, 0.717) is 12.8 Å². The molecule has 0 heterocycles. The Bertz CT molecular complexity index is 1640. The number of unbranched alkanes of at least 4 members (excludes halogenated alkanes) is 11. The minimum Gasteiger partial charge on any atom is -0.462 e. The SMILES string of the molecule is CC/C=C\C/C=C\C/C=C\C/C=C\C/C=C\C/C=C\C/C=C\CCCC(=O)OCC(COC(=O)CC/C=C\C/C=C\C/C=C\C/C=C\CC)OC(=O)CCCCCCCCC/C=C\C/C=C\CCCCC. The van der Waals surface area contributed by atoms with Crippen molar-refractivity contribution in [1.29, 1.82) is 0 Å². The number of rotatable bonds is 48. The van der Waals surface area contributed by atoms with Gasteiger partial charge in [-0.2, -0.15) is 0 Å². The molecule has 0 aromatic rings. The Labute approximate surface area is 435 Å². The average molecular weight is 978 g/mol. The van der Waals surface area contributed by atoms with Gasteiger partial charge < -0.3 is 14.2 Å². The summed E-state index contributed by atoms with van der Waals surface area (Å²) in [6.07, 6.45) is 83.9.